The molecule has 0 atom stereocenters. The molecular formula is C10H9NO5. The fourth-order valence-corrected chi connectivity index (χ4v) is 0.964. The van der Waals surface area contributed by atoms with Gasteiger partial charge in [-0.3, -0.25) is 10.1 Å². The Hall–Kier alpha value is -2.37. The Labute approximate surface area is 90.9 Å². The van der Waals surface area contributed by atoms with Crippen LogP contribution in [0.15, 0.2) is 30.4 Å². The van der Waals surface area contributed by atoms with Crippen molar-refractivity contribution in [2.75, 3.05) is 0 Å². The number of nitro groups is 1. The van der Waals surface area contributed by atoms with E-state index >= 15 is 0 Å². The molecule has 0 radical (unpaired) electrons. The largest absolute Gasteiger partial charge is 0.502 e. The van der Waals surface area contributed by atoms with E-state index in [2.05, 4.69) is 6.58 Å². The minimum absolute atomic E-state index is 0.109. The summed E-state index contributed by atoms with van der Waals surface area (Å²) in [5.74, 6) is -1.65. The van der Waals surface area contributed by atoms with Crippen LogP contribution in [0, 0.1) is 10.1 Å². The average molecular weight is 223 g/mol. The Morgan fingerprint density at radius 1 is 1.56 bits per heavy atom. The predicted molar refractivity (Wildman–Crippen MR) is 55.2 cm³/mol. The number of nitrogens with zero attached hydrogens (tertiary/aromatic N) is 1. The molecule has 0 heterocycles. The molecule has 1 aromatic rings. The number of hydrogen-bond acceptors (Lipinski definition) is 5. The van der Waals surface area contributed by atoms with Gasteiger partial charge in [-0.2, -0.15) is 0 Å². The molecule has 0 saturated carbocycles. The average Bonchev–Trinajstić information content (AvgIpc) is 2.16. The van der Waals surface area contributed by atoms with Crippen LogP contribution >= 0.6 is 0 Å². The summed E-state index contributed by atoms with van der Waals surface area (Å²) in [7, 11) is 0. The van der Waals surface area contributed by atoms with E-state index < -0.39 is 22.3 Å². The van der Waals surface area contributed by atoms with Gasteiger partial charge in [0.15, 0.2) is 5.75 Å². The monoisotopic (exact) mass is 223 g/mol. The second kappa shape index (κ2) is 4.43. The van der Waals surface area contributed by atoms with Gasteiger partial charge < -0.3 is 9.84 Å². The molecule has 0 amide bonds. The van der Waals surface area contributed by atoms with Gasteiger partial charge in [0.05, 0.1) is 4.92 Å². The molecule has 0 aliphatic carbocycles. The molecular weight excluding hydrogens is 214 g/mol. The number of carbonyl (C=O) groups is 1. The molecule has 1 N–H and O–H groups in total. The number of phenolic OH excluding ortho intramolecular Hbond substituents is 1. The lowest BCUT2D eigenvalue weighted by atomic mass is 10.2. The van der Waals surface area contributed by atoms with Crippen LogP contribution in [0.4, 0.5) is 5.69 Å². The van der Waals surface area contributed by atoms with Gasteiger partial charge in [0.2, 0.25) is 5.75 Å². The smallest absolute Gasteiger partial charge is 0.352 e. The van der Waals surface area contributed by atoms with Crippen molar-refractivity contribution >= 4 is 11.7 Å². The summed E-state index contributed by atoms with van der Waals surface area (Å²) in [6, 6.07) is 3.69. The van der Waals surface area contributed by atoms with Crippen LogP contribution in [0.25, 0.3) is 0 Å². The molecule has 0 unspecified atom stereocenters. The van der Waals surface area contributed by atoms with E-state index in [1.54, 1.807) is 0 Å². The molecule has 0 fully saturated rings. The number of phenols is 1. The first-order valence-electron chi connectivity index (χ1n) is 4.27. The summed E-state index contributed by atoms with van der Waals surface area (Å²) in [6.07, 6.45) is 0. The Kier molecular flexibility index (Phi) is 3.24. The van der Waals surface area contributed by atoms with Crippen LogP contribution in [0.2, 0.25) is 0 Å². The first-order chi connectivity index (χ1) is 7.43. The van der Waals surface area contributed by atoms with Crippen molar-refractivity contribution in [1.29, 1.82) is 0 Å². The number of benzene rings is 1. The van der Waals surface area contributed by atoms with Gasteiger partial charge >= 0.3 is 11.7 Å². The van der Waals surface area contributed by atoms with Crippen molar-refractivity contribution in [2.24, 2.45) is 0 Å². The van der Waals surface area contributed by atoms with Gasteiger partial charge in [-0.1, -0.05) is 12.6 Å². The molecule has 0 aliphatic rings. The molecule has 84 valence electrons. The normalized spacial score (nSPS) is 9.56. The van der Waals surface area contributed by atoms with Crippen LogP contribution in [0.5, 0.6) is 11.5 Å². The molecule has 0 aliphatic heterocycles. The lowest BCUT2D eigenvalue weighted by Gasteiger charge is -2.04. The fourth-order valence-electron chi connectivity index (χ4n) is 0.964. The van der Waals surface area contributed by atoms with E-state index in [0.29, 0.717) is 0 Å². The molecule has 1 aromatic carbocycles. The first kappa shape index (κ1) is 11.7. The Morgan fingerprint density at radius 2 is 2.19 bits per heavy atom. The number of rotatable bonds is 3. The van der Waals surface area contributed by atoms with Gasteiger partial charge in [-0.15, -0.1) is 0 Å². The number of carbonyl (C=O) groups excluding carboxylic acids is 1. The van der Waals surface area contributed by atoms with Crippen LogP contribution in [0.3, 0.4) is 0 Å². The Balaban J connectivity index is 3.14. The third kappa shape index (κ3) is 2.35. The zero-order valence-electron chi connectivity index (χ0n) is 8.47. The van der Waals surface area contributed by atoms with E-state index in [0.717, 1.165) is 6.07 Å². The number of hydrogen-bond donors (Lipinski definition) is 1. The van der Waals surface area contributed by atoms with Crippen molar-refractivity contribution in [3.8, 4) is 11.5 Å². The lowest BCUT2D eigenvalue weighted by molar-refractivity contribution is -0.386. The zero-order chi connectivity index (χ0) is 12.3. The maximum absolute atomic E-state index is 11.2. The van der Waals surface area contributed by atoms with Gasteiger partial charge in [0.1, 0.15) is 0 Å². The van der Waals surface area contributed by atoms with Crippen molar-refractivity contribution in [3.05, 3.63) is 40.5 Å². The Morgan fingerprint density at radius 3 is 2.69 bits per heavy atom. The Bertz CT molecular complexity index is 466. The molecule has 1 rings (SSSR count). The summed E-state index contributed by atoms with van der Waals surface area (Å²) in [5, 5.41) is 19.9. The van der Waals surface area contributed by atoms with Gasteiger partial charge in [-0.25, -0.2) is 4.79 Å². The summed E-state index contributed by atoms with van der Waals surface area (Å²) in [6.45, 7) is 4.75. The molecule has 6 nitrogen and oxygen atoms in total. The maximum atomic E-state index is 11.2. The highest BCUT2D eigenvalue weighted by Gasteiger charge is 2.22. The van der Waals surface area contributed by atoms with E-state index in [-0.39, 0.29) is 11.3 Å². The standard InChI is InChI=1S/C10H9NO5/c1-6(2)10(13)16-8-5-3-4-7(12)9(8)11(14)15/h3-5,12H,1H2,2H3. The van der Waals surface area contributed by atoms with E-state index in [9.17, 15) is 20.0 Å². The molecule has 6 heteroatoms. The molecule has 16 heavy (non-hydrogen) atoms. The van der Waals surface area contributed by atoms with Crippen molar-refractivity contribution in [3.63, 3.8) is 0 Å². The molecule has 0 bridgehead atoms. The molecule has 0 saturated heterocycles. The molecule has 0 spiro atoms. The second-order valence-electron chi connectivity index (χ2n) is 3.05. The fraction of sp³-hybridized carbons (Fsp3) is 0.100. The van der Waals surface area contributed by atoms with Crippen LogP contribution < -0.4 is 4.74 Å². The van der Waals surface area contributed by atoms with Crippen molar-refractivity contribution in [2.45, 2.75) is 6.92 Å². The van der Waals surface area contributed by atoms with Gasteiger partial charge in [-0.05, 0) is 19.1 Å². The number of esters is 1. The second-order valence-corrected chi connectivity index (χ2v) is 3.05. The predicted octanol–water partition coefficient (Wildman–Crippen LogP) is 1.78. The quantitative estimate of drug-likeness (QED) is 0.277. The minimum Gasteiger partial charge on any atom is -0.502 e. The maximum Gasteiger partial charge on any atom is 0.352 e. The van der Waals surface area contributed by atoms with E-state index in [1.165, 1.54) is 19.1 Å². The van der Waals surface area contributed by atoms with E-state index in [1.807, 2.05) is 0 Å². The third-order valence-electron chi connectivity index (χ3n) is 1.71. The van der Waals surface area contributed by atoms with Crippen molar-refractivity contribution < 1.29 is 19.6 Å². The third-order valence-corrected chi connectivity index (χ3v) is 1.71. The van der Waals surface area contributed by atoms with Gasteiger partial charge in [0, 0.05) is 5.57 Å². The van der Waals surface area contributed by atoms with Crippen LogP contribution in [0.1, 0.15) is 6.92 Å². The highest BCUT2D eigenvalue weighted by Crippen LogP contribution is 2.35. The summed E-state index contributed by atoms with van der Waals surface area (Å²) >= 11 is 0. The van der Waals surface area contributed by atoms with Crippen molar-refractivity contribution in [1.82, 2.24) is 0 Å². The first-order valence-corrected chi connectivity index (χ1v) is 4.27. The van der Waals surface area contributed by atoms with Crippen LogP contribution in [-0.2, 0) is 4.79 Å². The topological polar surface area (TPSA) is 89.7 Å². The number of aromatic hydroxyl groups is 1. The number of nitro benzene ring substituents is 1. The SMILES string of the molecule is C=C(C)C(=O)Oc1cccc(O)c1[N+](=O)[O-]. The van der Waals surface area contributed by atoms with E-state index in [4.69, 9.17) is 4.74 Å². The highest BCUT2D eigenvalue weighted by molar-refractivity contribution is 5.89. The van der Waals surface area contributed by atoms with Crippen LogP contribution in [-0.4, -0.2) is 16.0 Å². The number of para-hydroxylation sites is 1. The summed E-state index contributed by atoms with van der Waals surface area (Å²) in [4.78, 5) is 21.0. The number of ether oxygens (including phenoxy) is 1. The molecule has 0 aromatic heterocycles. The lowest BCUT2D eigenvalue weighted by Crippen LogP contribution is -2.09. The van der Waals surface area contributed by atoms with Gasteiger partial charge in [0.25, 0.3) is 0 Å². The summed E-state index contributed by atoms with van der Waals surface area (Å²) < 4.78 is 4.71. The highest BCUT2D eigenvalue weighted by atomic mass is 16.6. The summed E-state index contributed by atoms with van der Waals surface area (Å²) in [5.41, 5.74) is -0.533. The zero-order valence-corrected chi connectivity index (χ0v) is 8.47. The minimum atomic E-state index is -0.823.